The molecule has 24 nitrogen and oxygen atoms in total. The highest BCUT2D eigenvalue weighted by Gasteiger charge is 2.23. The summed E-state index contributed by atoms with van der Waals surface area (Å²) in [5, 5.41) is 34.5. The van der Waals surface area contributed by atoms with Crippen molar-refractivity contribution in [1.82, 2.24) is 89.3 Å². The molecule has 596 valence electrons. The molecule has 0 aliphatic carbocycles. The topological polar surface area (TPSA) is 315 Å². The van der Waals surface area contributed by atoms with Crippen LogP contribution in [0.2, 0.25) is 0 Å². The van der Waals surface area contributed by atoms with E-state index in [1.807, 2.05) is 79.8 Å². The Bertz CT molecular complexity index is 6870. The number of thiocarbonyl (C=S) groups is 1. The summed E-state index contributed by atoms with van der Waals surface area (Å²) in [4.78, 5) is 68.2. The number of fused-ring (bicyclic) bond motifs is 6. The van der Waals surface area contributed by atoms with Crippen LogP contribution < -0.4 is 15.5 Å². The normalized spacial score (nSPS) is 10.9. The van der Waals surface area contributed by atoms with E-state index < -0.39 is 58.4 Å². The number of H-pyrrole nitrogens is 6. The van der Waals surface area contributed by atoms with Crippen LogP contribution in [0.4, 0.5) is 52.2 Å². The van der Waals surface area contributed by atoms with Crippen molar-refractivity contribution in [2.75, 3.05) is 29.6 Å². The summed E-state index contributed by atoms with van der Waals surface area (Å²) < 4.78 is 116. The molecular formula is C81H52Br5F8N21O3S. The van der Waals surface area contributed by atoms with Crippen LogP contribution in [-0.4, -0.2) is 125 Å². The van der Waals surface area contributed by atoms with Gasteiger partial charge in [0.15, 0.2) is 58.2 Å². The second-order valence-corrected chi connectivity index (χ2v) is 30.4. The number of aromatic carboxylic acids is 1. The molecule has 119 heavy (non-hydrogen) atoms. The number of carbonyl (C=O) groups excluding carboxylic acids is 1. The summed E-state index contributed by atoms with van der Waals surface area (Å²) in [6, 6.07) is 36.8. The highest BCUT2D eigenvalue weighted by molar-refractivity contribution is 9.11. The molecule has 14 aromatic heterocycles. The number of pyridine rings is 6. The van der Waals surface area contributed by atoms with E-state index in [1.54, 1.807) is 67.9 Å². The standard InChI is InChI=1S/C23H18F2N6.C15H8BrF2N5.C14H8BrF2N3O.C14H8BrF2N3S.C8H5BrN2O2.C7H5BrN2/c1-30(2)16-8-6-14(7-9-16)15-10-17-18(12-27-22(17)26-11-15)23-29-28-13-31(23)20-5-3-4-19(24)21(20)25;16-8-4-9-10(6-20-14(9)19-5-8)15-22-21-7-23(15)12-3-1-2-11(17)13(12)18;2*15-7-4-8-9(6-19-13(8)18-5-7)14(21)20-11-3-1-2-10(16)12(11)17;9-4-1-5-6(8(12)13)3-11-7(5)10-2-4;8-6-3-5-1-2-9-7(5)10-4-6/h3-13H,1-2H3,(H,26,27);1-7H,(H,19,20);2*1-6H,(H,18,19)(H,20,21);1-3H,(H,10,11)(H,12,13);1-4H,(H,9,10). The molecule has 0 atom stereocenters. The number of hydrogen-bond donors (Lipinski definition) is 9. The van der Waals surface area contributed by atoms with Crippen LogP contribution in [0.15, 0.2) is 249 Å². The number of carboxylic acids is 1. The lowest BCUT2D eigenvalue weighted by atomic mass is 10.0. The Hall–Kier alpha value is -13.0. The highest BCUT2D eigenvalue weighted by Crippen LogP contribution is 2.35. The van der Waals surface area contributed by atoms with Gasteiger partial charge in [-0.25, -0.2) is 69.8 Å². The molecule has 19 aromatic rings. The van der Waals surface area contributed by atoms with Gasteiger partial charge in [0.25, 0.3) is 5.91 Å². The highest BCUT2D eigenvalue weighted by atomic mass is 79.9. The van der Waals surface area contributed by atoms with Gasteiger partial charge in [0.1, 0.15) is 51.5 Å². The average molecular weight is 1950 g/mol. The molecule has 0 unspecified atom stereocenters. The fraction of sp³-hybridized carbons (Fsp3) is 0.0247. The maximum atomic E-state index is 14.4. The third-order valence-corrected chi connectivity index (χ3v) is 20.2. The van der Waals surface area contributed by atoms with Crippen LogP contribution >= 0.6 is 91.9 Å². The van der Waals surface area contributed by atoms with Gasteiger partial charge in [0.05, 0.1) is 33.9 Å². The predicted molar refractivity (Wildman–Crippen MR) is 458 cm³/mol. The second-order valence-electron chi connectivity index (χ2n) is 25.5. The number of carbonyl (C=O) groups is 2. The smallest absolute Gasteiger partial charge is 0.337 e. The van der Waals surface area contributed by atoms with E-state index in [4.69, 9.17) is 17.3 Å². The number of amides is 1. The van der Waals surface area contributed by atoms with Crippen molar-refractivity contribution < 1.29 is 49.8 Å². The Morgan fingerprint density at radius 1 is 0.420 bits per heavy atom. The minimum absolute atomic E-state index is 0.00249. The fourth-order valence-electron chi connectivity index (χ4n) is 12.0. The first-order valence-electron chi connectivity index (χ1n) is 34.6. The Labute approximate surface area is 712 Å². The summed E-state index contributed by atoms with van der Waals surface area (Å²) in [7, 11) is 3.98. The van der Waals surface area contributed by atoms with Gasteiger partial charge in [-0.1, -0.05) is 48.6 Å². The zero-order chi connectivity index (χ0) is 83.9. The van der Waals surface area contributed by atoms with E-state index in [0.29, 0.717) is 77.4 Å². The molecule has 9 N–H and O–H groups in total. The quantitative estimate of drug-likeness (QED) is 0.0429. The Kier molecular flexibility index (Phi) is 25.1. The lowest BCUT2D eigenvalue weighted by Gasteiger charge is -2.12. The van der Waals surface area contributed by atoms with Crippen molar-refractivity contribution in [3.63, 3.8) is 0 Å². The number of aromatic amines is 6. The van der Waals surface area contributed by atoms with Gasteiger partial charge in [0, 0.05) is 171 Å². The third-order valence-electron chi connectivity index (χ3n) is 17.7. The first-order chi connectivity index (χ1) is 57.3. The van der Waals surface area contributed by atoms with Crippen molar-refractivity contribution in [3.8, 4) is 45.3 Å². The number of hydrogen-bond acceptors (Lipinski definition) is 14. The van der Waals surface area contributed by atoms with Crippen molar-refractivity contribution in [2.24, 2.45) is 0 Å². The van der Waals surface area contributed by atoms with Crippen LogP contribution in [0.1, 0.15) is 26.3 Å². The van der Waals surface area contributed by atoms with Gasteiger partial charge in [-0.05, 0) is 188 Å². The van der Waals surface area contributed by atoms with Crippen molar-refractivity contribution in [1.29, 1.82) is 0 Å². The summed E-state index contributed by atoms with van der Waals surface area (Å²) in [5.41, 5.74) is 9.54. The number of aromatic nitrogens is 18. The van der Waals surface area contributed by atoms with Crippen LogP contribution in [0.3, 0.4) is 0 Å². The number of nitrogens with zero attached hydrogens (tertiary/aromatic N) is 13. The number of halogens is 13. The summed E-state index contributed by atoms with van der Waals surface area (Å²) in [6.07, 6.45) is 22.7. The average Bonchev–Trinajstić information content (AvgIpc) is 1.61. The van der Waals surface area contributed by atoms with E-state index in [9.17, 15) is 44.7 Å². The Balaban J connectivity index is 0.000000121. The van der Waals surface area contributed by atoms with Gasteiger partial charge >= 0.3 is 5.97 Å². The van der Waals surface area contributed by atoms with Crippen LogP contribution in [-0.2, 0) is 0 Å². The van der Waals surface area contributed by atoms with Gasteiger partial charge in [-0.3, -0.25) is 13.9 Å². The number of carboxylic acid groups (broad SMARTS) is 1. The van der Waals surface area contributed by atoms with Gasteiger partial charge in [0.2, 0.25) is 0 Å². The maximum Gasteiger partial charge on any atom is 0.337 e. The lowest BCUT2D eigenvalue weighted by Crippen LogP contribution is -2.13. The number of rotatable bonds is 11. The SMILES string of the molecule is Brc1cnc2[nH]ccc2c1.CN(C)c1ccc(-c2cnc3[nH]cc(-c4nncn4-c4cccc(F)c4F)c3c2)cc1.Fc1cccc(-n2cnnc2-c2c[nH]c3ncc(Br)cc23)c1F.Fc1cccc(NC(=S)c2c[nH]c3ncc(Br)cc23)c1F.O=C(Nc1cccc(F)c1F)c1c[nH]c2ncc(Br)cc12.O=C(O)c1c[nH]c2ncc(Br)cc12. The largest absolute Gasteiger partial charge is 0.478 e. The molecule has 38 heteroatoms. The van der Waals surface area contributed by atoms with Gasteiger partial charge in [-0.2, -0.15) is 0 Å². The Morgan fingerprint density at radius 2 is 0.815 bits per heavy atom. The Morgan fingerprint density at radius 3 is 1.31 bits per heavy atom. The molecule has 0 aliphatic rings. The third kappa shape index (κ3) is 18.4. The molecule has 1 amide bonds. The molecule has 0 saturated heterocycles. The summed E-state index contributed by atoms with van der Waals surface area (Å²) in [6.45, 7) is 0. The molecule has 0 aliphatic heterocycles. The second kappa shape index (κ2) is 36.2. The van der Waals surface area contributed by atoms with Gasteiger partial charge in [-0.15, -0.1) is 20.4 Å². The molecular weight excluding hydrogens is 1900 g/mol. The summed E-state index contributed by atoms with van der Waals surface area (Å²) in [5.74, 6) is -8.48. The molecule has 14 heterocycles. The summed E-state index contributed by atoms with van der Waals surface area (Å²) >= 11 is 21.8. The molecule has 0 saturated carbocycles. The van der Waals surface area contributed by atoms with Gasteiger partial charge < -0.3 is 50.5 Å². The van der Waals surface area contributed by atoms with E-state index in [1.165, 1.54) is 82.7 Å². The number of benzene rings is 5. The molecule has 0 radical (unpaired) electrons. The molecule has 0 fully saturated rings. The molecule has 19 rings (SSSR count). The van der Waals surface area contributed by atoms with Crippen LogP contribution in [0, 0.1) is 46.5 Å². The molecule has 0 bridgehead atoms. The van der Waals surface area contributed by atoms with Crippen LogP contribution in [0.5, 0.6) is 0 Å². The van der Waals surface area contributed by atoms with Crippen molar-refractivity contribution >= 4 is 192 Å². The monoisotopic (exact) mass is 1950 g/mol. The first-order valence-corrected chi connectivity index (χ1v) is 39.0. The van der Waals surface area contributed by atoms with E-state index in [2.05, 4.69) is 170 Å². The van der Waals surface area contributed by atoms with Crippen LogP contribution in [0.25, 0.3) is 111 Å². The zero-order valence-electron chi connectivity index (χ0n) is 60.8. The fourth-order valence-corrected chi connectivity index (χ4v) is 13.9. The van der Waals surface area contributed by atoms with E-state index in [-0.39, 0.29) is 33.3 Å². The molecule has 0 spiro atoms. The minimum Gasteiger partial charge on any atom is -0.478 e. The first kappa shape index (κ1) is 82.5. The minimum atomic E-state index is -1.09. The molecule has 5 aromatic carbocycles. The maximum absolute atomic E-state index is 14.4. The van der Waals surface area contributed by atoms with Crippen molar-refractivity contribution in [2.45, 2.75) is 0 Å². The number of anilines is 3. The van der Waals surface area contributed by atoms with E-state index in [0.717, 1.165) is 86.2 Å². The van der Waals surface area contributed by atoms with Crippen molar-refractivity contribution in [3.05, 3.63) is 312 Å². The number of nitrogens with one attached hydrogen (secondary N) is 8. The zero-order valence-corrected chi connectivity index (χ0v) is 69.5. The lowest BCUT2D eigenvalue weighted by molar-refractivity contribution is 0.0698. The van der Waals surface area contributed by atoms with E-state index >= 15 is 0 Å². The predicted octanol–water partition coefficient (Wildman–Crippen LogP) is 21.3.